The fourth-order valence-corrected chi connectivity index (χ4v) is 4.17. The van der Waals surface area contributed by atoms with Crippen molar-refractivity contribution in [2.24, 2.45) is 0 Å². The molecule has 0 spiro atoms. The van der Waals surface area contributed by atoms with Crippen molar-refractivity contribution in [2.75, 3.05) is 11.9 Å². The Hall–Kier alpha value is -2.81. The standard InChI is InChI=1S/C23H24Cl2N4O4/c24-16-7-5-15(6-8-16)14-29-21(27-22(31)28(11-12-30)23(29)32)26-17-9-10-20(19(25)13-17)33-18-3-1-2-4-18/h5-10,13,18,30H,1-4,11-12,14H2,(H,26,27,31). The maximum absolute atomic E-state index is 13.0. The molecule has 3 aromatic rings. The molecule has 10 heteroatoms. The lowest BCUT2D eigenvalue weighted by molar-refractivity contribution is 0.210. The van der Waals surface area contributed by atoms with Gasteiger partial charge in [0.1, 0.15) is 5.75 Å². The molecule has 1 heterocycles. The molecule has 0 saturated heterocycles. The Morgan fingerprint density at radius 3 is 2.45 bits per heavy atom. The minimum Gasteiger partial charge on any atom is -0.489 e. The van der Waals surface area contributed by atoms with Crippen molar-refractivity contribution in [3.05, 3.63) is 79.0 Å². The Bertz CT molecular complexity index is 1230. The number of ether oxygens (including phenoxy) is 1. The molecular formula is C23H24Cl2N4O4. The van der Waals surface area contributed by atoms with Gasteiger partial charge < -0.3 is 15.2 Å². The van der Waals surface area contributed by atoms with Gasteiger partial charge in [-0.1, -0.05) is 35.3 Å². The fourth-order valence-electron chi connectivity index (χ4n) is 3.82. The van der Waals surface area contributed by atoms with Gasteiger partial charge in [-0.15, -0.1) is 0 Å². The van der Waals surface area contributed by atoms with E-state index in [-0.39, 0.29) is 31.7 Å². The molecule has 4 rings (SSSR count). The molecule has 8 nitrogen and oxygen atoms in total. The van der Waals surface area contributed by atoms with E-state index in [2.05, 4.69) is 10.3 Å². The summed E-state index contributed by atoms with van der Waals surface area (Å²) in [7, 11) is 0. The predicted molar refractivity (Wildman–Crippen MR) is 128 cm³/mol. The Balaban J connectivity index is 1.65. The van der Waals surface area contributed by atoms with Gasteiger partial charge in [-0.25, -0.2) is 14.2 Å². The van der Waals surface area contributed by atoms with E-state index in [9.17, 15) is 14.7 Å². The summed E-state index contributed by atoms with van der Waals surface area (Å²) in [5, 5.41) is 13.3. The number of aromatic nitrogens is 3. The lowest BCUT2D eigenvalue weighted by atomic mass is 10.2. The van der Waals surface area contributed by atoms with Crippen LogP contribution in [0.15, 0.2) is 52.1 Å². The number of rotatable bonds is 8. The van der Waals surface area contributed by atoms with Crippen LogP contribution in [0.1, 0.15) is 31.2 Å². The van der Waals surface area contributed by atoms with Crippen LogP contribution in [0.2, 0.25) is 10.0 Å². The molecule has 0 amide bonds. The molecule has 1 aliphatic carbocycles. The summed E-state index contributed by atoms with van der Waals surface area (Å²) in [5.74, 6) is 0.661. The molecule has 0 radical (unpaired) electrons. The second-order valence-corrected chi connectivity index (χ2v) is 8.73. The Morgan fingerprint density at radius 1 is 1.06 bits per heavy atom. The lowest BCUT2D eigenvalue weighted by Gasteiger charge is -2.17. The molecule has 0 bridgehead atoms. The summed E-state index contributed by atoms with van der Waals surface area (Å²) in [5.41, 5.74) is -0.00120. The zero-order valence-electron chi connectivity index (χ0n) is 17.8. The third-order valence-electron chi connectivity index (χ3n) is 5.51. The number of hydrogen-bond acceptors (Lipinski definition) is 6. The van der Waals surface area contributed by atoms with Gasteiger partial charge in [-0.2, -0.15) is 4.98 Å². The highest BCUT2D eigenvalue weighted by molar-refractivity contribution is 6.32. The molecule has 0 atom stereocenters. The van der Waals surface area contributed by atoms with Crippen LogP contribution in [0.3, 0.4) is 0 Å². The Kier molecular flexibility index (Phi) is 7.37. The van der Waals surface area contributed by atoms with Crippen LogP contribution in [-0.2, 0) is 13.1 Å². The summed E-state index contributed by atoms with van der Waals surface area (Å²) in [6.07, 6.45) is 4.51. The number of anilines is 2. The fraction of sp³-hybridized carbons (Fsp3) is 0.348. The topological polar surface area (TPSA) is 98.4 Å². The van der Waals surface area contributed by atoms with Crippen molar-refractivity contribution >= 4 is 34.8 Å². The van der Waals surface area contributed by atoms with E-state index in [0.717, 1.165) is 35.8 Å². The number of aliphatic hydroxyl groups is 1. The van der Waals surface area contributed by atoms with E-state index in [4.69, 9.17) is 27.9 Å². The number of nitrogens with zero attached hydrogens (tertiary/aromatic N) is 3. The van der Waals surface area contributed by atoms with Gasteiger partial charge in [0.2, 0.25) is 5.95 Å². The molecule has 2 aromatic carbocycles. The van der Waals surface area contributed by atoms with Crippen LogP contribution < -0.4 is 21.4 Å². The third-order valence-corrected chi connectivity index (χ3v) is 6.06. The second kappa shape index (κ2) is 10.4. The molecular weight excluding hydrogens is 467 g/mol. The number of halogens is 2. The van der Waals surface area contributed by atoms with Gasteiger partial charge in [0.25, 0.3) is 0 Å². The van der Waals surface area contributed by atoms with Crippen molar-refractivity contribution in [3.63, 3.8) is 0 Å². The van der Waals surface area contributed by atoms with Crippen LogP contribution in [0.4, 0.5) is 11.6 Å². The zero-order valence-corrected chi connectivity index (χ0v) is 19.3. The lowest BCUT2D eigenvalue weighted by Crippen LogP contribution is -2.43. The number of hydrogen-bond donors (Lipinski definition) is 2. The highest BCUT2D eigenvalue weighted by Gasteiger charge is 2.18. The van der Waals surface area contributed by atoms with E-state index < -0.39 is 11.4 Å². The van der Waals surface area contributed by atoms with E-state index in [1.165, 1.54) is 4.57 Å². The predicted octanol–water partition coefficient (Wildman–Crippen LogP) is 3.82. The van der Waals surface area contributed by atoms with Crippen LogP contribution in [0.5, 0.6) is 5.75 Å². The van der Waals surface area contributed by atoms with Gasteiger partial charge in [0.15, 0.2) is 0 Å². The third kappa shape index (κ3) is 5.58. The van der Waals surface area contributed by atoms with Gasteiger partial charge in [0.05, 0.1) is 30.8 Å². The first-order valence-electron chi connectivity index (χ1n) is 10.7. The van der Waals surface area contributed by atoms with Gasteiger partial charge in [-0.3, -0.25) is 4.57 Å². The maximum atomic E-state index is 13.0. The minimum atomic E-state index is -0.754. The summed E-state index contributed by atoms with van der Waals surface area (Å²) in [4.78, 5) is 29.5. The van der Waals surface area contributed by atoms with Crippen molar-refractivity contribution in [1.29, 1.82) is 0 Å². The average molecular weight is 491 g/mol. The monoisotopic (exact) mass is 490 g/mol. The van der Waals surface area contributed by atoms with Crippen molar-refractivity contribution in [1.82, 2.24) is 14.1 Å². The second-order valence-electron chi connectivity index (χ2n) is 7.88. The number of nitrogens with one attached hydrogen (secondary N) is 1. The molecule has 1 aliphatic rings. The summed E-state index contributed by atoms with van der Waals surface area (Å²) in [6, 6.07) is 12.2. The Labute approximate surface area is 200 Å². The van der Waals surface area contributed by atoms with Crippen molar-refractivity contribution < 1.29 is 9.84 Å². The van der Waals surface area contributed by atoms with Crippen LogP contribution in [0, 0.1) is 0 Å². The maximum Gasteiger partial charge on any atom is 0.355 e. The van der Waals surface area contributed by atoms with E-state index in [1.807, 2.05) is 0 Å². The molecule has 1 fully saturated rings. The molecule has 0 aliphatic heterocycles. The van der Waals surface area contributed by atoms with Gasteiger partial charge >= 0.3 is 11.4 Å². The van der Waals surface area contributed by atoms with E-state index in [0.29, 0.717) is 21.5 Å². The normalized spacial score (nSPS) is 13.9. The summed E-state index contributed by atoms with van der Waals surface area (Å²) in [6.45, 7) is -0.360. The van der Waals surface area contributed by atoms with E-state index in [1.54, 1.807) is 42.5 Å². The van der Waals surface area contributed by atoms with Crippen LogP contribution in [0.25, 0.3) is 0 Å². The minimum absolute atomic E-state index is 0.0645. The zero-order chi connectivity index (χ0) is 23.4. The highest BCUT2D eigenvalue weighted by Crippen LogP contribution is 2.32. The molecule has 0 unspecified atom stereocenters. The first-order chi connectivity index (χ1) is 15.9. The summed E-state index contributed by atoms with van der Waals surface area (Å²) < 4.78 is 8.21. The molecule has 1 saturated carbocycles. The van der Waals surface area contributed by atoms with Crippen molar-refractivity contribution in [3.8, 4) is 5.75 Å². The van der Waals surface area contributed by atoms with Crippen LogP contribution >= 0.6 is 23.2 Å². The number of benzene rings is 2. The summed E-state index contributed by atoms with van der Waals surface area (Å²) >= 11 is 12.4. The smallest absolute Gasteiger partial charge is 0.355 e. The number of aliphatic hydroxyl groups excluding tert-OH is 1. The first-order valence-corrected chi connectivity index (χ1v) is 11.5. The Morgan fingerprint density at radius 2 is 1.79 bits per heavy atom. The van der Waals surface area contributed by atoms with E-state index >= 15 is 0 Å². The molecule has 2 N–H and O–H groups in total. The molecule has 33 heavy (non-hydrogen) atoms. The first kappa shape index (κ1) is 23.4. The van der Waals surface area contributed by atoms with Gasteiger partial charge in [-0.05, 0) is 61.6 Å². The largest absolute Gasteiger partial charge is 0.489 e. The average Bonchev–Trinajstić information content (AvgIpc) is 3.30. The quantitative estimate of drug-likeness (QED) is 0.497. The molecule has 1 aromatic heterocycles. The molecule has 174 valence electrons. The van der Waals surface area contributed by atoms with Crippen molar-refractivity contribution in [2.45, 2.75) is 44.9 Å². The SMILES string of the molecule is O=c1nc(Nc2ccc(OC3CCCC3)c(Cl)c2)n(Cc2ccc(Cl)cc2)c(=O)n1CCO. The highest BCUT2D eigenvalue weighted by atomic mass is 35.5. The van der Waals surface area contributed by atoms with Crippen LogP contribution in [-0.4, -0.2) is 31.9 Å². The van der Waals surface area contributed by atoms with Gasteiger partial charge in [0, 0.05) is 10.7 Å².